The molecular formula is C19H29FO. The summed E-state index contributed by atoms with van der Waals surface area (Å²) in [5, 5.41) is 0. The maximum atomic E-state index is 14.0. The molecule has 1 aromatic carbocycles. The lowest BCUT2D eigenvalue weighted by molar-refractivity contribution is 0.106. The molecule has 1 aromatic rings. The van der Waals surface area contributed by atoms with E-state index in [0.29, 0.717) is 6.42 Å². The fourth-order valence-corrected chi connectivity index (χ4v) is 2.25. The van der Waals surface area contributed by atoms with Crippen molar-refractivity contribution in [1.82, 2.24) is 0 Å². The predicted octanol–water partition coefficient (Wildman–Crippen LogP) is 5.88. The van der Waals surface area contributed by atoms with E-state index in [-0.39, 0.29) is 6.10 Å². The van der Waals surface area contributed by atoms with Crippen molar-refractivity contribution in [3.8, 4) is 5.75 Å². The Bertz CT molecular complexity index is 397. The van der Waals surface area contributed by atoms with Crippen molar-refractivity contribution in [1.29, 1.82) is 0 Å². The van der Waals surface area contributed by atoms with Gasteiger partial charge in [0.25, 0.3) is 0 Å². The van der Waals surface area contributed by atoms with E-state index in [1.54, 1.807) is 0 Å². The van der Waals surface area contributed by atoms with Crippen molar-refractivity contribution >= 4 is 0 Å². The molecular weight excluding hydrogens is 263 g/mol. The summed E-state index contributed by atoms with van der Waals surface area (Å²) in [7, 11) is 0. The number of hydrogen-bond donors (Lipinski definition) is 0. The summed E-state index contributed by atoms with van der Waals surface area (Å²) in [4.78, 5) is 0. The first-order valence-electron chi connectivity index (χ1n) is 8.18. The van der Waals surface area contributed by atoms with Crippen LogP contribution in [0.4, 0.5) is 4.39 Å². The van der Waals surface area contributed by atoms with Gasteiger partial charge in [-0.25, -0.2) is 4.39 Å². The third-order valence-electron chi connectivity index (χ3n) is 3.68. The van der Waals surface area contributed by atoms with Gasteiger partial charge in [0.15, 0.2) is 0 Å². The summed E-state index contributed by atoms with van der Waals surface area (Å²) in [6.07, 6.45) is 8.85. The van der Waals surface area contributed by atoms with Gasteiger partial charge in [-0.1, -0.05) is 56.9 Å². The highest BCUT2D eigenvalue weighted by Crippen LogP contribution is 2.19. The fourth-order valence-electron chi connectivity index (χ4n) is 2.25. The Morgan fingerprint density at radius 3 is 2.48 bits per heavy atom. The van der Waals surface area contributed by atoms with Crippen molar-refractivity contribution in [2.24, 2.45) is 0 Å². The number of ether oxygens (including phenoxy) is 1. The monoisotopic (exact) mass is 292 g/mol. The van der Waals surface area contributed by atoms with Gasteiger partial charge in [-0.3, -0.25) is 0 Å². The van der Waals surface area contributed by atoms with Crippen molar-refractivity contribution in [2.75, 3.05) is 0 Å². The van der Waals surface area contributed by atoms with E-state index in [4.69, 9.17) is 4.74 Å². The van der Waals surface area contributed by atoms with Crippen molar-refractivity contribution < 1.29 is 9.13 Å². The summed E-state index contributed by atoms with van der Waals surface area (Å²) in [6.45, 7) is 6.00. The van der Waals surface area contributed by atoms with E-state index in [0.717, 1.165) is 25.0 Å². The summed E-state index contributed by atoms with van der Waals surface area (Å²) in [5.74, 6) is 0.753. The lowest BCUT2D eigenvalue weighted by atomic mass is 10.1. The first kappa shape index (κ1) is 17.7. The van der Waals surface area contributed by atoms with E-state index in [1.807, 2.05) is 44.2 Å². The Hall–Kier alpha value is -1.31. The quantitative estimate of drug-likeness (QED) is 0.386. The van der Waals surface area contributed by atoms with E-state index >= 15 is 0 Å². The molecule has 2 atom stereocenters. The van der Waals surface area contributed by atoms with Crippen molar-refractivity contribution in [3.63, 3.8) is 0 Å². The molecule has 0 amide bonds. The van der Waals surface area contributed by atoms with Crippen LogP contribution in [0.25, 0.3) is 0 Å². The largest absolute Gasteiger partial charge is 0.488 e. The summed E-state index contributed by atoms with van der Waals surface area (Å²) >= 11 is 0. The molecule has 0 saturated heterocycles. The van der Waals surface area contributed by atoms with Gasteiger partial charge in [-0.2, -0.15) is 0 Å². The lowest BCUT2D eigenvalue weighted by Gasteiger charge is -2.19. The number of benzene rings is 1. The zero-order chi connectivity index (χ0) is 15.5. The van der Waals surface area contributed by atoms with Gasteiger partial charge in [0.05, 0.1) is 0 Å². The summed E-state index contributed by atoms with van der Waals surface area (Å²) < 4.78 is 19.7. The van der Waals surface area contributed by atoms with Gasteiger partial charge in [0.1, 0.15) is 18.0 Å². The normalized spacial score (nSPS) is 14.3. The third kappa shape index (κ3) is 7.31. The van der Waals surface area contributed by atoms with E-state index < -0.39 is 6.17 Å². The molecule has 0 aromatic heterocycles. The zero-order valence-corrected chi connectivity index (χ0v) is 13.6. The van der Waals surface area contributed by atoms with Crippen LogP contribution in [0, 0.1) is 0 Å². The maximum absolute atomic E-state index is 14.0. The first-order valence-corrected chi connectivity index (χ1v) is 8.18. The second kappa shape index (κ2) is 10.4. The fraction of sp³-hybridized carbons (Fsp3) is 0.579. The van der Waals surface area contributed by atoms with Gasteiger partial charge in [-0.15, -0.1) is 0 Å². The van der Waals surface area contributed by atoms with Gasteiger partial charge in [0, 0.05) is 0 Å². The number of unbranched alkanes of at least 4 members (excludes halogenated alkanes) is 3. The molecule has 2 heteroatoms. The minimum Gasteiger partial charge on any atom is -0.488 e. The minimum atomic E-state index is -0.885. The van der Waals surface area contributed by atoms with Crippen LogP contribution in [0.1, 0.15) is 58.4 Å². The van der Waals surface area contributed by atoms with Crippen LogP contribution >= 0.6 is 0 Å². The van der Waals surface area contributed by atoms with Crippen LogP contribution < -0.4 is 4.74 Å². The van der Waals surface area contributed by atoms with Gasteiger partial charge < -0.3 is 4.74 Å². The Morgan fingerprint density at radius 1 is 1.14 bits per heavy atom. The van der Waals surface area contributed by atoms with Crippen LogP contribution in [0.3, 0.4) is 0 Å². The van der Waals surface area contributed by atoms with Crippen LogP contribution in [0.15, 0.2) is 36.4 Å². The number of rotatable bonds is 10. The smallest absolute Gasteiger partial charge is 0.136 e. The molecule has 0 aliphatic heterocycles. The summed E-state index contributed by atoms with van der Waals surface area (Å²) in [6, 6.07) is 7.94. The average Bonchev–Trinajstić information content (AvgIpc) is 2.50. The molecule has 0 fully saturated rings. The topological polar surface area (TPSA) is 9.23 Å². The lowest BCUT2D eigenvalue weighted by Crippen LogP contribution is -2.25. The molecule has 0 saturated carbocycles. The van der Waals surface area contributed by atoms with E-state index in [9.17, 15) is 4.39 Å². The van der Waals surface area contributed by atoms with Gasteiger partial charge in [0.2, 0.25) is 0 Å². The molecule has 0 spiro atoms. The van der Waals surface area contributed by atoms with Crippen molar-refractivity contribution in [3.05, 3.63) is 42.0 Å². The predicted molar refractivity (Wildman–Crippen MR) is 88.7 cm³/mol. The second-order valence-electron chi connectivity index (χ2n) is 5.61. The number of halogens is 1. The second-order valence-corrected chi connectivity index (χ2v) is 5.61. The minimum absolute atomic E-state index is 0.381. The van der Waals surface area contributed by atoms with Crippen LogP contribution in [0.5, 0.6) is 5.75 Å². The van der Waals surface area contributed by atoms with Crippen LogP contribution in [0.2, 0.25) is 0 Å². The first-order chi connectivity index (χ1) is 10.2. The molecule has 21 heavy (non-hydrogen) atoms. The molecule has 0 aliphatic rings. The Morgan fingerprint density at radius 2 is 1.86 bits per heavy atom. The molecule has 1 nitrogen and oxygen atoms in total. The van der Waals surface area contributed by atoms with E-state index in [1.165, 1.54) is 18.4 Å². The molecule has 0 bridgehead atoms. The van der Waals surface area contributed by atoms with E-state index in [2.05, 4.69) is 13.0 Å². The number of alkyl halides is 1. The average molecular weight is 292 g/mol. The number of hydrogen-bond acceptors (Lipinski definition) is 1. The van der Waals surface area contributed by atoms with Gasteiger partial charge >= 0.3 is 0 Å². The third-order valence-corrected chi connectivity index (χ3v) is 3.68. The SMILES string of the molecule is CC=CCc1ccc(OC(C)C(F)CCCCCC)cc1. The van der Waals surface area contributed by atoms with Gasteiger partial charge in [-0.05, 0) is 44.4 Å². The van der Waals surface area contributed by atoms with Crippen LogP contribution in [-0.4, -0.2) is 12.3 Å². The maximum Gasteiger partial charge on any atom is 0.136 e. The molecule has 0 heterocycles. The molecule has 2 unspecified atom stereocenters. The molecule has 1 rings (SSSR count). The highest BCUT2D eigenvalue weighted by atomic mass is 19.1. The Labute approximate surface area is 129 Å². The van der Waals surface area contributed by atoms with Crippen LogP contribution in [-0.2, 0) is 6.42 Å². The standard InChI is InChI=1S/C19H29FO/c1-4-6-8-9-11-19(20)16(3)21-18-14-12-17(13-15-18)10-7-5-2/h5,7,12-16,19H,4,6,8-11H2,1-3H3. The zero-order valence-electron chi connectivity index (χ0n) is 13.6. The summed E-state index contributed by atoms with van der Waals surface area (Å²) in [5.41, 5.74) is 1.24. The van der Waals surface area contributed by atoms with Crippen molar-refractivity contribution in [2.45, 2.75) is 71.6 Å². The number of allylic oxidation sites excluding steroid dienone is 2. The molecule has 118 valence electrons. The highest BCUT2D eigenvalue weighted by molar-refractivity contribution is 5.28. The molecule has 0 N–H and O–H groups in total. The molecule has 0 aliphatic carbocycles. The highest BCUT2D eigenvalue weighted by Gasteiger charge is 2.17. The Balaban J connectivity index is 2.37. The Kier molecular flexibility index (Phi) is 8.80. The molecule has 0 radical (unpaired) electrons.